The van der Waals surface area contributed by atoms with Crippen molar-refractivity contribution in [3.63, 3.8) is 0 Å². The largest absolute Gasteiger partial charge is 0.488 e. The lowest BCUT2D eigenvalue weighted by atomic mass is 9.84. The molecule has 1 fully saturated rings. The Balaban J connectivity index is 1.57. The maximum atomic E-state index is 12.3. The minimum absolute atomic E-state index is 0.0416. The van der Waals surface area contributed by atoms with Gasteiger partial charge in [0.05, 0.1) is 11.8 Å². The van der Waals surface area contributed by atoms with Gasteiger partial charge in [0.25, 0.3) is 5.91 Å². The molecule has 1 aromatic carbocycles. The minimum Gasteiger partial charge on any atom is -0.488 e. The first-order valence-corrected chi connectivity index (χ1v) is 9.02. The summed E-state index contributed by atoms with van der Waals surface area (Å²) in [5.74, 6) is 0.462. The van der Waals surface area contributed by atoms with E-state index in [1.807, 2.05) is 31.2 Å². The zero-order chi connectivity index (χ0) is 18.5. The maximum Gasteiger partial charge on any atom is 0.271 e. The molecule has 1 saturated carbocycles. The molecule has 26 heavy (non-hydrogen) atoms. The molecular weight excluding hydrogens is 330 g/mol. The molecule has 0 spiro atoms. The molecule has 0 saturated heterocycles. The second-order valence-electron chi connectivity index (χ2n) is 6.85. The molecule has 1 aliphatic carbocycles. The molecule has 6 heteroatoms. The molecule has 0 radical (unpaired) electrons. The molecule has 1 aromatic heterocycles. The third kappa shape index (κ3) is 4.38. The number of carbonyl (C=O) groups excluding carboxylic acids is 1. The van der Waals surface area contributed by atoms with Gasteiger partial charge in [-0.2, -0.15) is 0 Å². The molecule has 1 heterocycles. The number of hydrogen-bond acceptors (Lipinski definition) is 5. The summed E-state index contributed by atoms with van der Waals surface area (Å²) in [7, 11) is 0. The van der Waals surface area contributed by atoms with Crippen LogP contribution in [0.2, 0.25) is 0 Å². The zero-order valence-electron chi connectivity index (χ0n) is 15.2. The van der Waals surface area contributed by atoms with Gasteiger partial charge in [-0.25, -0.2) is 4.98 Å². The number of aliphatic hydroxyl groups excluding tert-OH is 1. The summed E-state index contributed by atoms with van der Waals surface area (Å²) in [6, 6.07) is 7.82. The smallest absolute Gasteiger partial charge is 0.271 e. The van der Waals surface area contributed by atoms with Gasteiger partial charge in [-0.3, -0.25) is 9.78 Å². The van der Waals surface area contributed by atoms with Crippen LogP contribution in [0.5, 0.6) is 5.75 Å². The summed E-state index contributed by atoms with van der Waals surface area (Å²) < 4.78 is 5.98. The van der Waals surface area contributed by atoms with Gasteiger partial charge in [-0.1, -0.05) is 17.7 Å². The molecular formula is C20H25N3O3. The van der Waals surface area contributed by atoms with E-state index < -0.39 is 6.10 Å². The van der Waals surface area contributed by atoms with E-state index in [-0.39, 0.29) is 17.9 Å². The maximum absolute atomic E-state index is 12.3. The van der Waals surface area contributed by atoms with E-state index in [4.69, 9.17) is 4.74 Å². The van der Waals surface area contributed by atoms with E-state index in [2.05, 4.69) is 15.3 Å². The van der Waals surface area contributed by atoms with Crippen LogP contribution in [0.25, 0.3) is 0 Å². The number of rotatable bonds is 5. The number of nitrogens with zero attached hydrogens (tertiary/aromatic N) is 2. The monoisotopic (exact) mass is 355 g/mol. The number of nitrogens with one attached hydrogen (secondary N) is 1. The molecule has 0 unspecified atom stereocenters. The molecule has 3 atom stereocenters. The lowest BCUT2D eigenvalue weighted by molar-refractivity contribution is -0.0301. The highest BCUT2D eigenvalue weighted by molar-refractivity contribution is 5.93. The van der Waals surface area contributed by atoms with Crippen molar-refractivity contribution in [2.75, 3.05) is 6.54 Å². The summed E-state index contributed by atoms with van der Waals surface area (Å²) in [5, 5.41) is 13.6. The van der Waals surface area contributed by atoms with Crippen molar-refractivity contribution in [2.45, 2.75) is 45.3 Å². The standard InChI is InChI=1S/C20H25N3O3/c1-13-6-8-16(9-7-13)26-17-5-3-4-15(19(17)24)12-23-20(25)18-14(2)21-10-11-22-18/h6-11,15,17,19,24H,3-5,12H2,1-2H3,(H,23,25)/t15-,17-,19-/m1/s1. The first-order chi connectivity index (χ1) is 12.5. The highest BCUT2D eigenvalue weighted by Gasteiger charge is 2.33. The first-order valence-electron chi connectivity index (χ1n) is 9.02. The van der Waals surface area contributed by atoms with Gasteiger partial charge in [-0.15, -0.1) is 0 Å². The third-order valence-electron chi connectivity index (χ3n) is 4.86. The van der Waals surface area contributed by atoms with Crippen molar-refractivity contribution in [3.05, 3.63) is 53.6 Å². The predicted octanol–water partition coefficient (Wildman–Crippen LogP) is 2.43. The van der Waals surface area contributed by atoms with Crippen LogP contribution in [-0.4, -0.2) is 39.7 Å². The van der Waals surface area contributed by atoms with E-state index in [9.17, 15) is 9.90 Å². The van der Waals surface area contributed by atoms with Gasteiger partial charge in [0.2, 0.25) is 0 Å². The molecule has 2 N–H and O–H groups in total. The highest BCUT2D eigenvalue weighted by Crippen LogP contribution is 2.28. The number of aryl methyl sites for hydroxylation is 2. The predicted molar refractivity (Wildman–Crippen MR) is 98.0 cm³/mol. The Morgan fingerprint density at radius 3 is 2.65 bits per heavy atom. The fraction of sp³-hybridized carbons (Fsp3) is 0.450. The molecule has 6 nitrogen and oxygen atoms in total. The van der Waals surface area contributed by atoms with Crippen LogP contribution in [0, 0.1) is 19.8 Å². The average molecular weight is 355 g/mol. The van der Waals surface area contributed by atoms with E-state index in [1.165, 1.54) is 11.8 Å². The topological polar surface area (TPSA) is 84.3 Å². The summed E-state index contributed by atoms with van der Waals surface area (Å²) in [5.41, 5.74) is 2.08. The Morgan fingerprint density at radius 2 is 1.92 bits per heavy atom. The lowest BCUT2D eigenvalue weighted by Gasteiger charge is -2.35. The van der Waals surface area contributed by atoms with Gasteiger partial charge in [0, 0.05) is 24.9 Å². The van der Waals surface area contributed by atoms with Gasteiger partial charge in [-0.05, 0) is 45.2 Å². The number of aromatic nitrogens is 2. The normalized spacial score (nSPS) is 22.7. The third-order valence-corrected chi connectivity index (χ3v) is 4.86. The van der Waals surface area contributed by atoms with Crippen molar-refractivity contribution in [2.24, 2.45) is 5.92 Å². The first kappa shape index (κ1) is 18.3. The van der Waals surface area contributed by atoms with Crippen LogP contribution in [0.1, 0.15) is 41.0 Å². The Kier molecular flexibility index (Phi) is 5.83. The zero-order valence-corrected chi connectivity index (χ0v) is 15.2. The number of benzene rings is 1. The SMILES string of the molecule is Cc1ccc(O[C@@H]2CCC[C@H](CNC(=O)c3nccnc3C)[C@H]2O)cc1. The van der Waals surface area contributed by atoms with Crippen LogP contribution in [-0.2, 0) is 0 Å². The molecule has 2 aromatic rings. The second kappa shape index (κ2) is 8.27. The molecule has 1 aliphatic rings. The second-order valence-corrected chi connectivity index (χ2v) is 6.85. The number of ether oxygens (including phenoxy) is 1. The van der Waals surface area contributed by atoms with E-state index in [1.54, 1.807) is 13.1 Å². The molecule has 0 aliphatic heterocycles. The minimum atomic E-state index is -0.617. The van der Waals surface area contributed by atoms with Crippen molar-refractivity contribution < 1.29 is 14.6 Å². The number of hydrogen-bond donors (Lipinski definition) is 2. The molecule has 0 bridgehead atoms. The average Bonchev–Trinajstić information content (AvgIpc) is 2.64. The van der Waals surface area contributed by atoms with Crippen molar-refractivity contribution in [1.82, 2.24) is 15.3 Å². The van der Waals surface area contributed by atoms with E-state index >= 15 is 0 Å². The molecule has 138 valence electrons. The highest BCUT2D eigenvalue weighted by atomic mass is 16.5. The van der Waals surface area contributed by atoms with E-state index in [0.29, 0.717) is 17.9 Å². The van der Waals surface area contributed by atoms with Crippen LogP contribution >= 0.6 is 0 Å². The van der Waals surface area contributed by atoms with Gasteiger partial charge in [0.1, 0.15) is 17.5 Å². The summed E-state index contributed by atoms with van der Waals surface area (Å²) in [4.78, 5) is 20.5. The summed E-state index contributed by atoms with van der Waals surface area (Å²) in [6.45, 7) is 4.17. The van der Waals surface area contributed by atoms with Crippen LogP contribution in [0.3, 0.4) is 0 Å². The van der Waals surface area contributed by atoms with Crippen molar-refractivity contribution in [1.29, 1.82) is 0 Å². The lowest BCUT2D eigenvalue weighted by Crippen LogP contribution is -2.46. The van der Waals surface area contributed by atoms with Gasteiger partial charge < -0.3 is 15.2 Å². The Labute approximate surface area is 153 Å². The Hall–Kier alpha value is -2.47. The van der Waals surface area contributed by atoms with Crippen molar-refractivity contribution >= 4 is 5.91 Å². The fourth-order valence-corrected chi connectivity index (χ4v) is 3.31. The summed E-state index contributed by atoms with van der Waals surface area (Å²) in [6.07, 6.45) is 4.81. The number of carbonyl (C=O) groups is 1. The fourth-order valence-electron chi connectivity index (χ4n) is 3.31. The molecule has 1 amide bonds. The van der Waals surface area contributed by atoms with Crippen LogP contribution in [0.4, 0.5) is 0 Å². The van der Waals surface area contributed by atoms with Crippen molar-refractivity contribution in [3.8, 4) is 5.75 Å². The quantitative estimate of drug-likeness (QED) is 0.860. The van der Waals surface area contributed by atoms with Gasteiger partial charge in [0.15, 0.2) is 0 Å². The van der Waals surface area contributed by atoms with Crippen LogP contribution in [0.15, 0.2) is 36.7 Å². The number of aliphatic hydroxyl groups is 1. The van der Waals surface area contributed by atoms with Crippen LogP contribution < -0.4 is 10.1 Å². The Morgan fingerprint density at radius 1 is 1.19 bits per heavy atom. The van der Waals surface area contributed by atoms with E-state index in [0.717, 1.165) is 25.0 Å². The number of amides is 1. The Bertz CT molecular complexity index is 748. The van der Waals surface area contributed by atoms with Gasteiger partial charge >= 0.3 is 0 Å². The summed E-state index contributed by atoms with van der Waals surface area (Å²) >= 11 is 0. The molecule has 3 rings (SSSR count).